The molecular formula is C8H18O2. The number of aliphatic hydroxyl groups is 1. The van der Waals surface area contributed by atoms with Gasteiger partial charge in [-0.15, -0.1) is 0 Å². The van der Waals surface area contributed by atoms with Crippen LogP contribution < -0.4 is 0 Å². The molecule has 0 aliphatic rings. The largest absolute Gasteiger partial charge is 0.366 e. The van der Waals surface area contributed by atoms with Crippen LogP contribution >= 0.6 is 0 Å². The molecule has 0 aromatic carbocycles. The molecule has 1 N–H and O–H groups in total. The lowest BCUT2D eigenvalue weighted by molar-refractivity contribution is -0.242. The molecule has 0 heterocycles. The first-order valence-electron chi connectivity index (χ1n) is 3.69. The molecule has 0 bridgehead atoms. The van der Waals surface area contributed by atoms with Crippen LogP contribution in [0.3, 0.4) is 0 Å². The van der Waals surface area contributed by atoms with Crippen LogP contribution in [-0.2, 0) is 4.74 Å². The Morgan fingerprint density at radius 3 is 1.70 bits per heavy atom. The van der Waals surface area contributed by atoms with Crippen LogP contribution in [0.4, 0.5) is 0 Å². The fourth-order valence-electron chi connectivity index (χ4n) is 0.732. The van der Waals surface area contributed by atoms with E-state index in [2.05, 4.69) is 0 Å². The van der Waals surface area contributed by atoms with Crippen LogP contribution in [0, 0.1) is 0 Å². The van der Waals surface area contributed by atoms with Gasteiger partial charge in [-0.3, -0.25) is 0 Å². The zero-order valence-electron chi connectivity index (χ0n) is 7.56. The summed E-state index contributed by atoms with van der Waals surface area (Å²) in [6, 6.07) is 0. The molecule has 0 fully saturated rings. The van der Waals surface area contributed by atoms with Crippen molar-refractivity contribution >= 4 is 0 Å². The maximum Gasteiger partial charge on any atom is 0.163 e. The molecule has 1 atom stereocenters. The smallest absolute Gasteiger partial charge is 0.163 e. The maximum atomic E-state index is 9.44. The predicted octanol–water partition coefficient (Wildman–Crippen LogP) is 1.92. The van der Waals surface area contributed by atoms with Crippen molar-refractivity contribution in [2.45, 2.75) is 52.4 Å². The molecule has 0 saturated heterocycles. The number of hydrogen-bond donors (Lipinski definition) is 1. The van der Waals surface area contributed by atoms with Crippen LogP contribution in [0.1, 0.15) is 41.0 Å². The summed E-state index contributed by atoms with van der Waals surface area (Å²) in [5.74, 6) is -0.974. The van der Waals surface area contributed by atoms with Gasteiger partial charge in [-0.2, -0.15) is 0 Å². The van der Waals surface area contributed by atoms with Crippen molar-refractivity contribution in [2.75, 3.05) is 0 Å². The minimum atomic E-state index is -0.974. The van der Waals surface area contributed by atoms with E-state index in [-0.39, 0.29) is 5.60 Å². The molecule has 0 spiro atoms. The Morgan fingerprint density at radius 1 is 1.20 bits per heavy atom. The highest BCUT2D eigenvalue weighted by Gasteiger charge is 2.25. The highest BCUT2D eigenvalue weighted by Crippen LogP contribution is 2.19. The van der Waals surface area contributed by atoms with E-state index in [0.29, 0.717) is 6.42 Å². The minimum Gasteiger partial charge on any atom is -0.366 e. The standard InChI is InChI=1S/C8H18O2/c1-6-8(5,9)10-7(2,3)4/h9H,6H2,1-5H3. The molecule has 62 valence electrons. The second-order valence-electron chi connectivity index (χ2n) is 3.74. The second-order valence-corrected chi connectivity index (χ2v) is 3.74. The normalized spacial score (nSPS) is 18.6. The van der Waals surface area contributed by atoms with Crippen molar-refractivity contribution in [3.8, 4) is 0 Å². The predicted molar refractivity (Wildman–Crippen MR) is 41.8 cm³/mol. The minimum absolute atomic E-state index is 0.264. The van der Waals surface area contributed by atoms with Crippen molar-refractivity contribution in [1.29, 1.82) is 0 Å². The van der Waals surface area contributed by atoms with Gasteiger partial charge < -0.3 is 9.84 Å². The third kappa shape index (κ3) is 4.77. The maximum absolute atomic E-state index is 9.44. The van der Waals surface area contributed by atoms with Crippen molar-refractivity contribution in [1.82, 2.24) is 0 Å². The summed E-state index contributed by atoms with van der Waals surface area (Å²) >= 11 is 0. The van der Waals surface area contributed by atoms with E-state index in [9.17, 15) is 5.11 Å². The van der Waals surface area contributed by atoms with Crippen molar-refractivity contribution in [3.63, 3.8) is 0 Å². The SMILES string of the molecule is CCC(C)(O)OC(C)(C)C. The van der Waals surface area contributed by atoms with E-state index in [0.717, 1.165) is 0 Å². The Bertz CT molecular complexity index is 100. The molecule has 0 aromatic rings. The van der Waals surface area contributed by atoms with E-state index in [1.165, 1.54) is 0 Å². The summed E-state index contributed by atoms with van der Waals surface area (Å²) in [5, 5.41) is 9.44. The van der Waals surface area contributed by atoms with Gasteiger partial charge in [0.05, 0.1) is 5.60 Å². The third-order valence-corrected chi connectivity index (χ3v) is 1.18. The Balaban J connectivity index is 3.89. The van der Waals surface area contributed by atoms with Gasteiger partial charge in [0.15, 0.2) is 5.79 Å². The fourth-order valence-corrected chi connectivity index (χ4v) is 0.732. The Labute approximate surface area is 63.2 Å². The third-order valence-electron chi connectivity index (χ3n) is 1.18. The molecule has 2 heteroatoms. The molecule has 0 aromatic heterocycles. The van der Waals surface area contributed by atoms with Gasteiger partial charge in [0, 0.05) is 0 Å². The van der Waals surface area contributed by atoms with E-state index in [1.54, 1.807) is 6.92 Å². The average Bonchev–Trinajstić information content (AvgIpc) is 1.60. The van der Waals surface area contributed by atoms with Crippen LogP contribution in [0.5, 0.6) is 0 Å². The molecule has 0 saturated carbocycles. The zero-order chi connectivity index (χ0) is 8.41. The number of ether oxygens (including phenoxy) is 1. The first-order chi connectivity index (χ1) is 4.27. The molecule has 0 aliphatic heterocycles. The van der Waals surface area contributed by atoms with Crippen molar-refractivity contribution in [2.24, 2.45) is 0 Å². The number of rotatable bonds is 2. The summed E-state index contributed by atoms with van der Waals surface area (Å²) in [6.07, 6.45) is 0.615. The first-order valence-corrected chi connectivity index (χ1v) is 3.69. The Hall–Kier alpha value is -0.0800. The topological polar surface area (TPSA) is 29.5 Å². The summed E-state index contributed by atoms with van der Waals surface area (Å²) in [7, 11) is 0. The van der Waals surface area contributed by atoms with Crippen molar-refractivity contribution < 1.29 is 9.84 Å². The quantitative estimate of drug-likeness (QED) is 0.603. The average molecular weight is 146 g/mol. The molecule has 0 amide bonds. The van der Waals surface area contributed by atoms with E-state index in [1.807, 2.05) is 27.7 Å². The Morgan fingerprint density at radius 2 is 1.60 bits per heavy atom. The van der Waals surface area contributed by atoms with Crippen LogP contribution in [0.15, 0.2) is 0 Å². The highest BCUT2D eigenvalue weighted by molar-refractivity contribution is 4.66. The van der Waals surface area contributed by atoms with Gasteiger partial charge >= 0.3 is 0 Å². The van der Waals surface area contributed by atoms with Gasteiger partial charge in [0.2, 0.25) is 0 Å². The van der Waals surface area contributed by atoms with Gasteiger partial charge in [-0.1, -0.05) is 6.92 Å². The lowest BCUT2D eigenvalue weighted by Gasteiger charge is -2.31. The van der Waals surface area contributed by atoms with E-state index in [4.69, 9.17) is 4.74 Å². The molecule has 0 aliphatic carbocycles. The van der Waals surface area contributed by atoms with Gasteiger partial charge in [0.1, 0.15) is 0 Å². The number of hydrogen-bond acceptors (Lipinski definition) is 2. The molecule has 10 heavy (non-hydrogen) atoms. The van der Waals surface area contributed by atoms with Gasteiger partial charge in [-0.05, 0) is 34.1 Å². The van der Waals surface area contributed by atoms with Crippen molar-refractivity contribution in [3.05, 3.63) is 0 Å². The van der Waals surface area contributed by atoms with Crippen LogP contribution in [-0.4, -0.2) is 16.5 Å². The monoisotopic (exact) mass is 146 g/mol. The molecule has 1 unspecified atom stereocenters. The van der Waals surface area contributed by atoms with Crippen LogP contribution in [0.25, 0.3) is 0 Å². The summed E-state index contributed by atoms with van der Waals surface area (Å²) in [6.45, 7) is 9.36. The van der Waals surface area contributed by atoms with E-state index >= 15 is 0 Å². The zero-order valence-corrected chi connectivity index (χ0v) is 7.56. The van der Waals surface area contributed by atoms with Gasteiger partial charge in [0.25, 0.3) is 0 Å². The summed E-state index contributed by atoms with van der Waals surface area (Å²) in [5.41, 5.74) is -0.264. The second kappa shape index (κ2) is 2.89. The molecular weight excluding hydrogens is 128 g/mol. The molecule has 0 rings (SSSR count). The van der Waals surface area contributed by atoms with Crippen LogP contribution in [0.2, 0.25) is 0 Å². The molecule has 0 radical (unpaired) electrons. The summed E-state index contributed by atoms with van der Waals surface area (Å²) in [4.78, 5) is 0. The Kier molecular flexibility index (Phi) is 2.86. The summed E-state index contributed by atoms with van der Waals surface area (Å²) < 4.78 is 5.33. The first kappa shape index (κ1) is 9.92. The highest BCUT2D eigenvalue weighted by atomic mass is 16.6. The lowest BCUT2D eigenvalue weighted by Crippen LogP contribution is -2.36. The van der Waals surface area contributed by atoms with Gasteiger partial charge in [-0.25, -0.2) is 0 Å². The van der Waals surface area contributed by atoms with E-state index < -0.39 is 5.79 Å². The fraction of sp³-hybridized carbons (Fsp3) is 1.00. The molecule has 2 nitrogen and oxygen atoms in total. The lowest BCUT2D eigenvalue weighted by atomic mass is 10.1.